The maximum Gasteiger partial charge on any atom is 1.00 e. The smallest absolute Gasteiger partial charge is 0.759 e. The van der Waals surface area contributed by atoms with Crippen molar-refractivity contribution in [2.45, 2.75) is 0 Å². The minimum Gasteiger partial charge on any atom is -0.759 e. The Balaban J connectivity index is -0.00000000578. The van der Waals surface area contributed by atoms with Crippen LogP contribution in [-0.2, 0) is 95.7 Å². The van der Waals surface area contributed by atoms with Gasteiger partial charge in [-0.1, -0.05) is 0 Å². The van der Waals surface area contributed by atoms with Crippen LogP contribution in [0.1, 0.15) is 0 Å². The summed E-state index contributed by atoms with van der Waals surface area (Å²) in [5, 5.41) is 18.8. The molecular formula is C3Cu5N3O4S. The van der Waals surface area contributed by atoms with Gasteiger partial charge in [-0.05, 0) is 0 Å². The molecule has 0 saturated heterocycles. The molecule has 0 aliphatic carbocycles. The van der Waals surface area contributed by atoms with E-state index in [1.807, 2.05) is 0 Å². The van der Waals surface area contributed by atoms with E-state index < -0.39 is 10.4 Å². The molecule has 0 aromatic rings. The molecule has 0 aromatic carbocycles. The van der Waals surface area contributed by atoms with Gasteiger partial charge in [0.25, 0.3) is 0 Å². The van der Waals surface area contributed by atoms with Crippen LogP contribution in [0.2, 0.25) is 0 Å². The molecule has 0 heterocycles. The van der Waals surface area contributed by atoms with Gasteiger partial charge in [0.2, 0.25) is 0 Å². The fourth-order valence-corrected chi connectivity index (χ4v) is 0. The number of hydrogen-bond donors (Lipinski definition) is 0. The molecule has 0 radical (unpaired) electrons. The average Bonchev–Trinajstić information content (AvgIpc) is 1.96. The van der Waals surface area contributed by atoms with Crippen LogP contribution in [0, 0.1) is 35.5 Å². The first-order chi connectivity index (χ1) is 5.00. The SMILES string of the molecule is O=S(=O)([O-])[O-].[C-]#N.[C-]#N.[C-]#N.[Cu+].[Cu+].[Cu+].[Cu+].[Cu+]. The zero-order valence-corrected chi connectivity index (χ0v) is 11.9. The van der Waals surface area contributed by atoms with Gasteiger partial charge in [0.15, 0.2) is 0 Å². The summed E-state index contributed by atoms with van der Waals surface area (Å²) < 4.78 is 34.1. The first-order valence-corrected chi connectivity index (χ1v) is 2.67. The van der Waals surface area contributed by atoms with E-state index >= 15 is 0 Å². The Bertz CT molecular complexity index is 192. The minimum atomic E-state index is -5.17. The molecule has 16 heavy (non-hydrogen) atoms. The Morgan fingerprint density at radius 3 is 0.625 bits per heavy atom. The van der Waals surface area contributed by atoms with Crippen LogP contribution in [0.3, 0.4) is 0 Å². The molecule has 0 bridgehead atoms. The van der Waals surface area contributed by atoms with Gasteiger partial charge in [-0.15, -0.1) is 0 Å². The van der Waals surface area contributed by atoms with Crippen LogP contribution in [0.25, 0.3) is 0 Å². The van der Waals surface area contributed by atoms with E-state index in [9.17, 15) is 0 Å². The zero-order chi connectivity index (χ0) is 10.5. The second-order valence-electron chi connectivity index (χ2n) is 0.408. The molecule has 0 unspecified atom stereocenters. The Labute approximate surface area is 147 Å². The van der Waals surface area contributed by atoms with E-state index in [0.717, 1.165) is 0 Å². The summed E-state index contributed by atoms with van der Waals surface area (Å²) in [6, 6.07) is 0. The summed E-state index contributed by atoms with van der Waals surface area (Å²) in [6.07, 6.45) is 0. The standard InChI is InChI=1S/3CN.5Cu.H2O4S/c3*1-2;;;;;;1-5(2,3)4/h;;;;;;;;(H2,1,2,3,4)/q3*-1;5*+1;/p-2. The molecule has 0 rings (SSSR count). The van der Waals surface area contributed by atoms with Gasteiger partial charge in [-0.25, -0.2) is 0 Å². The fourth-order valence-electron chi connectivity index (χ4n) is 0. The van der Waals surface area contributed by atoms with Crippen LogP contribution in [0.5, 0.6) is 0 Å². The molecule has 0 aliphatic heterocycles. The number of nitrogens with zero attached hydrogens (tertiary/aromatic N) is 3. The molecule has 0 atom stereocenters. The summed E-state index contributed by atoms with van der Waals surface area (Å²) in [6.45, 7) is 14.2. The quantitative estimate of drug-likeness (QED) is 0.181. The topological polar surface area (TPSA) is 152 Å². The maximum atomic E-state index is 8.52. The van der Waals surface area contributed by atoms with Gasteiger partial charge in [-0.2, -0.15) is 0 Å². The summed E-state index contributed by atoms with van der Waals surface area (Å²) in [7, 11) is -5.17. The molecule has 0 aromatic heterocycles. The molecule has 0 amide bonds. The predicted molar refractivity (Wildman–Crippen MR) is 25.4 cm³/mol. The molecular weight excluding hydrogens is 492 g/mol. The minimum absolute atomic E-state index is 0. The van der Waals surface area contributed by atoms with Gasteiger partial charge >= 0.3 is 85.3 Å². The summed E-state index contributed by atoms with van der Waals surface area (Å²) in [5.41, 5.74) is 0. The van der Waals surface area contributed by atoms with Crippen LogP contribution in [0.4, 0.5) is 0 Å². The van der Waals surface area contributed by atoms with Crippen LogP contribution in [0.15, 0.2) is 0 Å². The fraction of sp³-hybridized carbons (Fsp3) is 0. The van der Waals surface area contributed by atoms with Crippen LogP contribution >= 0.6 is 0 Å². The van der Waals surface area contributed by atoms with Gasteiger partial charge in [0.05, 0.1) is 0 Å². The first kappa shape index (κ1) is 68.3. The van der Waals surface area contributed by atoms with E-state index in [4.69, 9.17) is 53.0 Å². The molecule has 7 nitrogen and oxygen atoms in total. The third kappa shape index (κ3) is 3300. The monoisotopic (exact) mass is 489 g/mol. The van der Waals surface area contributed by atoms with Crippen molar-refractivity contribution in [3.05, 3.63) is 19.7 Å². The molecule has 13 heteroatoms. The molecule has 0 N–H and O–H groups in total. The first-order valence-electron chi connectivity index (χ1n) is 1.34. The van der Waals surface area contributed by atoms with Gasteiger partial charge in [0, 0.05) is 10.4 Å². The number of hydrogen-bond acceptors (Lipinski definition) is 7. The van der Waals surface area contributed by atoms with Gasteiger partial charge in [-0.3, -0.25) is 8.42 Å². The van der Waals surface area contributed by atoms with Crippen molar-refractivity contribution in [1.29, 1.82) is 15.8 Å². The Morgan fingerprint density at radius 2 is 0.625 bits per heavy atom. The summed E-state index contributed by atoms with van der Waals surface area (Å²) in [5.74, 6) is 0. The van der Waals surface area contributed by atoms with Crippen molar-refractivity contribution in [1.82, 2.24) is 0 Å². The van der Waals surface area contributed by atoms with Gasteiger partial charge in [0.1, 0.15) is 0 Å². The van der Waals surface area contributed by atoms with Crippen molar-refractivity contribution in [2.75, 3.05) is 0 Å². The normalized spacial score (nSPS) is 4.00. The van der Waals surface area contributed by atoms with Crippen molar-refractivity contribution < 1.29 is 103 Å². The Morgan fingerprint density at radius 1 is 0.625 bits per heavy atom. The van der Waals surface area contributed by atoms with Crippen molar-refractivity contribution in [3.63, 3.8) is 0 Å². The molecule has 0 fully saturated rings. The predicted octanol–water partition coefficient (Wildman–Crippen LogP) is -1.06. The van der Waals surface area contributed by atoms with Crippen molar-refractivity contribution >= 4 is 10.4 Å². The van der Waals surface area contributed by atoms with Crippen molar-refractivity contribution in [2.24, 2.45) is 0 Å². The Hall–Kier alpha value is 0.937. The summed E-state index contributed by atoms with van der Waals surface area (Å²) >= 11 is 0. The van der Waals surface area contributed by atoms with Crippen LogP contribution in [-0.4, -0.2) is 17.5 Å². The van der Waals surface area contributed by atoms with Crippen LogP contribution < -0.4 is 0 Å². The Kier molecular flexibility index (Phi) is 315. The third-order valence-corrected chi connectivity index (χ3v) is 0. The maximum absolute atomic E-state index is 8.52. The third-order valence-electron chi connectivity index (χ3n) is 0. The molecule has 0 aliphatic rings. The largest absolute Gasteiger partial charge is 1.00 e. The molecule has 0 saturated carbocycles. The van der Waals surface area contributed by atoms with Crippen molar-refractivity contribution in [3.8, 4) is 0 Å². The second-order valence-corrected chi connectivity index (χ2v) is 1.22. The van der Waals surface area contributed by atoms with Gasteiger partial charge < -0.3 is 44.6 Å². The second kappa shape index (κ2) is 73.9. The molecule has 112 valence electrons. The molecule has 0 spiro atoms. The van der Waals surface area contributed by atoms with E-state index in [1.54, 1.807) is 0 Å². The van der Waals surface area contributed by atoms with E-state index in [0.29, 0.717) is 0 Å². The summed E-state index contributed by atoms with van der Waals surface area (Å²) in [4.78, 5) is 0. The average molecular weight is 492 g/mol. The number of rotatable bonds is 0. The van der Waals surface area contributed by atoms with E-state index in [2.05, 4.69) is 0 Å². The van der Waals surface area contributed by atoms with E-state index in [-0.39, 0.29) is 85.3 Å². The van der Waals surface area contributed by atoms with E-state index in [1.165, 1.54) is 0 Å². The zero-order valence-electron chi connectivity index (χ0n) is 6.39.